The Morgan fingerprint density at radius 1 is 0.933 bits per heavy atom. The summed E-state index contributed by atoms with van der Waals surface area (Å²) in [6, 6.07) is 22.8. The van der Waals surface area contributed by atoms with Crippen molar-refractivity contribution in [1.82, 2.24) is 0 Å². The van der Waals surface area contributed by atoms with E-state index in [-0.39, 0.29) is 48.3 Å². The molecular weight excluding hydrogens is 606 g/mol. The maximum atomic E-state index is 14.4. The van der Waals surface area contributed by atoms with Crippen LogP contribution in [0.5, 0.6) is 5.75 Å². The number of hydrogen-bond donors (Lipinski definition) is 2. The molecular formula is C33H31ClF2N4O5. The fourth-order valence-corrected chi connectivity index (χ4v) is 5.41. The second-order valence-electron chi connectivity index (χ2n) is 10.8. The van der Waals surface area contributed by atoms with Crippen LogP contribution in [0.25, 0.3) is 10.8 Å². The van der Waals surface area contributed by atoms with Gasteiger partial charge in [-0.15, -0.1) is 12.4 Å². The average Bonchev–Trinajstić information content (AvgIpc) is 3.12. The Labute approximate surface area is 264 Å². The van der Waals surface area contributed by atoms with Gasteiger partial charge in [-0.2, -0.15) is 8.78 Å². The molecule has 0 saturated carbocycles. The monoisotopic (exact) mass is 636 g/mol. The van der Waals surface area contributed by atoms with E-state index in [9.17, 15) is 28.0 Å². The molecule has 0 radical (unpaired) electrons. The molecule has 0 spiro atoms. The summed E-state index contributed by atoms with van der Waals surface area (Å²) in [5, 5.41) is 1.29. The van der Waals surface area contributed by atoms with E-state index in [4.69, 9.17) is 16.2 Å². The number of ketones is 1. The number of rotatable bonds is 8. The van der Waals surface area contributed by atoms with Crippen LogP contribution in [0.15, 0.2) is 84.9 Å². The standard InChI is InChI=1S/C33H30F2N4O5.ClH/c1-19(40)20-11-13-22(14-12-20)29(41)39-18-25(33(2,37)31(36)43)30(42)38(26-9-5-6-10-27(26)39)17-24-23-8-4-3-7-21(23)15-16-28(24)44-32(34)35;/h3-16,25,32H,17-18,37H2,1-2H3,(H2,36,43);1H/t25-,33?;/m1./s1. The molecule has 1 heterocycles. The largest absolute Gasteiger partial charge is 0.434 e. The van der Waals surface area contributed by atoms with Crippen LogP contribution in [0.1, 0.15) is 40.1 Å². The number of Topliss-reactive ketones (excluding diaryl/α,β-unsaturated/α-hetero) is 1. The third-order valence-corrected chi connectivity index (χ3v) is 7.96. The second-order valence-corrected chi connectivity index (χ2v) is 10.8. The number of nitrogens with two attached hydrogens (primary N) is 2. The van der Waals surface area contributed by atoms with Gasteiger partial charge in [-0.05, 0) is 55.0 Å². The number of fused-ring (bicyclic) bond motifs is 2. The molecule has 0 aliphatic carbocycles. The fourth-order valence-electron chi connectivity index (χ4n) is 5.41. The zero-order valence-electron chi connectivity index (χ0n) is 24.4. The van der Waals surface area contributed by atoms with Crippen molar-refractivity contribution in [1.29, 1.82) is 0 Å². The zero-order valence-corrected chi connectivity index (χ0v) is 25.2. The molecule has 3 amide bonds. The highest BCUT2D eigenvalue weighted by molar-refractivity contribution is 6.13. The Morgan fingerprint density at radius 2 is 1.53 bits per heavy atom. The molecule has 12 heteroatoms. The first-order chi connectivity index (χ1) is 20.9. The highest BCUT2D eigenvalue weighted by Crippen LogP contribution is 2.40. The summed E-state index contributed by atoms with van der Waals surface area (Å²) in [7, 11) is 0. The van der Waals surface area contributed by atoms with Gasteiger partial charge in [0.15, 0.2) is 5.78 Å². The number of halogens is 3. The smallest absolute Gasteiger partial charge is 0.387 e. The van der Waals surface area contributed by atoms with Gasteiger partial charge in [0.05, 0.1) is 23.8 Å². The Balaban J connectivity index is 0.00000461. The number of ether oxygens (including phenoxy) is 1. The van der Waals surface area contributed by atoms with Crippen LogP contribution in [0.4, 0.5) is 20.2 Å². The molecule has 4 aromatic carbocycles. The summed E-state index contributed by atoms with van der Waals surface area (Å²) in [4.78, 5) is 55.5. The summed E-state index contributed by atoms with van der Waals surface area (Å²) in [6.45, 7) is -0.961. The van der Waals surface area contributed by atoms with Gasteiger partial charge < -0.3 is 26.0 Å². The van der Waals surface area contributed by atoms with Gasteiger partial charge in [-0.25, -0.2) is 0 Å². The van der Waals surface area contributed by atoms with Crippen LogP contribution in [0.2, 0.25) is 0 Å². The summed E-state index contributed by atoms with van der Waals surface area (Å²) in [6.07, 6.45) is 0. The molecule has 0 saturated heterocycles. The SMILES string of the molecule is CC(=O)c1ccc(C(=O)N2C[C@@H](C(C)(N)C(N)=O)C(=O)N(Cc3c(OC(F)F)ccc4ccccc34)c3ccccc32)cc1.Cl. The van der Waals surface area contributed by atoms with Crippen molar-refractivity contribution in [2.24, 2.45) is 17.4 Å². The highest BCUT2D eigenvalue weighted by atomic mass is 35.5. The lowest BCUT2D eigenvalue weighted by molar-refractivity contribution is -0.132. The molecule has 1 aliphatic rings. The topological polar surface area (TPSA) is 136 Å². The third kappa shape index (κ3) is 6.36. The molecule has 4 aromatic rings. The van der Waals surface area contributed by atoms with Gasteiger partial charge in [-0.3, -0.25) is 19.2 Å². The molecule has 45 heavy (non-hydrogen) atoms. The first-order valence-electron chi connectivity index (χ1n) is 13.8. The Kier molecular flexibility index (Phi) is 9.55. The quantitative estimate of drug-likeness (QED) is 0.259. The number of para-hydroxylation sites is 2. The van der Waals surface area contributed by atoms with Gasteiger partial charge in [0.25, 0.3) is 5.91 Å². The number of nitrogens with zero attached hydrogens (tertiary/aromatic N) is 2. The van der Waals surface area contributed by atoms with E-state index in [0.717, 1.165) is 5.39 Å². The average molecular weight is 637 g/mol. The van der Waals surface area contributed by atoms with Gasteiger partial charge in [-0.1, -0.05) is 54.6 Å². The van der Waals surface area contributed by atoms with E-state index in [2.05, 4.69) is 0 Å². The van der Waals surface area contributed by atoms with Crippen molar-refractivity contribution >= 4 is 58.1 Å². The minimum atomic E-state index is -3.13. The van der Waals surface area contributed by atoms with Crippen LogP contribution < -0.4 is 26.0 Å². The van der Waals surface area contributed by atoms with Crippen molar-refractivity contribution in [3.8, 4) is 5.75 Å². The number of anilines is 2. The van der Waals surface area contributed by atoms with Crippen LogP contribution in [-0.4, -0.2) is 42.2 Å². The minimum absolute atomic E-state index is 0. The van der Waals surface area contributed by atoms with Crippen molar-refractivity contribution in [2.45, 2.75) is 32.5 Å². The van der Waals surface area contributed by atoms with E-state index >= 15 is 0 Å². The minimum Gasteiger partial charge on any atom is -0.434 e. The number of carbonyl (C=O) groups is 4. The summed E-state index contributed by atoms with van der Waals surface area (Å²) < 4.78 is 31.9. The zero-order chi connectivity index (χ0) is 31.8. The Bertz CT molecular complexity index is 1780. The second kappa shape index (κ2) is 13.0. The van der Waals surface area contributed by atoms with Crippen molar-refractivity contribution in [3.05, 3.63) is 102 Å². The number of benzene rings is 4. The van der Waals surface area contributed by atoms with Gasteiger partial charge in [0.1, 0.15) is 11.3 Å². The molecule has 1 unspecified atom stereocenters. The van der Waals surface area contributed by atoms with Gasteiger partial charge >= 0.3 is 6.61 Å². The molecule has 9 nitrogen and oxygen atoms in total. The maximum absolute atomic E-state index is 14.4. The molecule has 1 aliphatic heterocycles. The molecule has 2 atom stereocenters. The molecule has 4 N–H and O–H groups in total. The van der Waals surface area contributed by atoms with Crippen LogP contribution >= 0.6 is 12.4 Å². The number of carbonyl (C=O) groups excluding carboxylic acids is 4. The molecule has 0 bridgehead atoms. The van der Waals surface area contributed by atoms with Gasteiger partial charge in [0.2, 0.25) is 11.8 Å². The predicted octanol–water partition coefficient (Wildman–Crippen LogP) is 5.08. The van der Waals surface area contributed by atoms with Crippen LogP contribution in [-0.2, 0) is 16.1 Å². The van der Waals surface area contributed by atoms with Crippen LogP contribution in [0.3, 0.4) is 0 Å². The third-order valence-electron chi connectivity index (χ3n) is 7.96. The lowest BCUT2D eigenvalue weighted by Crippen LogP contribution is -2.62. The normalized spacial score (nSPS) is 16.0. The van der Waals surface area contributed by atoms with E-state index in [1.807, 2.05) is 0 Å². The number of amides is 3. The van der Waals surface area contributed by atoms with E-state index in [1.165, 1.54) is 54.0 Å². The van der Waals surface area contributed by atoms with Crippen molar-refractivity contribution in [2.75, 3.05) is 16.3 Å². The van der Waals surface area contributed by atoms with Crippen molar-refractivity contribution < 1.29 is 32.7 Å². The fraction of sp³-hybridized carbons (Fsp3) is 0.212. The molecule has 5 rings (SSSR count). The van der Waals surface area contributed by atoms with E-state index < -0.39 is 35.8 Å². The highest BCUT2D eigenvalue weighted by Gasteiger charge is 2.47. The van der Waals surface area contributed by atoms with E-state index in [1.54, 1.807) is 54.6 Å². The predicted molar refractivity (Wildman–Crippen MR) is 169 cm³/mol. The first kappa shape index (κ1) is 33.0. The molecule has 234 valence electrons. The summed E-state index contributed by atoms with van der Waals surface area (Å²) in [5.74, 6) is -3.75. The Morgan fingerprint density at radius 3 is 2.16 bits per heavy atom. The summed E-state index contributed by atoms with van der Waals surface area (Å²) >= 11 is 0. The summed E-state index contributed by atoms with van der Waals surface area (Å²) in [5.41, 5.74) is 11.7. The number of hydrogen-bond acceptors (Lipinski definition) is 6. The molecule has 0 aromatic heterocycles. The van der Waals surface area contributed by atoms with Gasteiger partial charge in [0, 0.05) is 23.2 Å². The lowest BCUT2D eigenvalue weighted by Gasteiger charge is -2.34. The van der Waals surface area contributed by atoms with E-state index in [0.29, 0.717) is 22.2 Å². The van der Waals surface area contributed by atoms with Crippen molar-refractivity contribution in [3.63, 3.8) is 0 Å². The molecule has 0 fully saturated rings. The first-order valence-corrected chi connectivity index (χ1v) is 13.8. The number of primary amides is 1. The lowest BCUT2D eigenvalue weighted by atomic mass is 9.84. The maximum Gasteiger partial charge on any atom is 0.387 e. The Hall–Kier alpha value is -4.87. The van der Waals surface area contributed by atoms with Crippen LogP contribution in [0, 0.1) is 5.92 Å². The number of alkyl halides is 2.